The van der Waals surface area contributed by atoms with Gasteiger partial charge in [-0.05, 0) is 53.5 Å². The topological polar surface area (TPSA) is 0 Å². The number of rotatable bonds is 11. The van der Waals surface area contributed by atoms with Gasteiger partial charge in [-0.1, -0.05) is 85.7 Å². The van der Waals surface area contributed by atoms with Crippen molar-refractivity contribution in [2.45, 2.75) is 80.8 Å². The molecule has 146 valence electrons. The van der Waals surface area contributed by atoms with E-state index in [1.807, 2.05) is 37.4 Å². The van der Waals surface area contributed by atoms with Crippen LogP contribution in [0.5, 0.6) is 0 Å². The maximum absolute atomic E-state index is 3.65. The molecule has 0 amide bonds. The third-order valence-corrected chi connectivity index (χ3v) is 7.26. The smallest absolute Gasteiger partial charge is 0.0294 e. The molecule has 1 unspecified atom stereocenters. The maximum Gasteiger partial charge on any atom is 0.0294 e. The summed E-state index contributed by atoms with van der Waals surface area (Å²) in [5, 5.41) is 1.88. The minimum atomic E-state index is 0.842. The molecule has 1 atom stereocenters. The number of hydrogen-bond acceptors (Lipinski definition) is 2. The Hall–Kier alpha value is 0.880. The quantitative estimate of drug-likeness (QED) is 0.214. The molecule has 0 aliphatic heterocycles. The summed E-state index contributed by atoms with van der Waals surface area (Å²) in [5.41, 5.74) is 2.84. The van der Waals surface area contributed by atoms with E-state index in [1.165, 1.54) is 52.4 Å². The Morgan fingerprint density at radius 3 is 1.96 bits per heavy atom. The lowest BCUT2D eigenvalue weighted by Crippen LogP contribution is -1.99. The molecule has 0 radical (unpaired) electrons. The van der Waals surface area contributed by atoms with Crippen LogP contribution in [0.1, 0.15) is 71.4 Å². The SMILES string of the molecule is CC.CSc1cc(CBr)c(SCCC(C)CCCC(C)C)cc1CBr. The van der Waals surface area contributed by atoms with Crippen molar-refractivity contribution in [3.05, 3.63) is 23.3 Å². The Balaban J connectivity index is 0.00000277. The van der Waals surface area contributed by atoms with Gasteiger partial charge in [-0.15, -0.1) is 23.5 Å². The van der Waals surface area contributed by atoms with Crippen LogP contribution in [0.25, 0.3) is 0 Å². The molecule has 0 N–H and O–H groups in total. The summed E-state index contributed by atoms with van der Waals surface area (Å²) >= 11 is 11.1. The van der Waals surface area contributed by atoms with E-state index in [2.05, 4.69) is 71.0 Å². The van der Waals surface area contributed by atoms with Crippen molar-refractivity contribution in [2.24, 2.45) is 11.8 Å². The lowest BCUT2D eigenvalue weighted by atomic mass is 9.98. The van der Waals surface area contributed by atoms with Gasteiger partial charge in [0, 0.05) is 20.5 Å². The molecule has 0 fully saturated rings. The highest BCUT2D eigenvalue weighted by Crippen LogP contribution is 2.34. The Bertz CT molecular complexity index is 461. The van der Waals surface area contributed by atoms with Gasteiger partial charge in [0.05, 0.1) is 0 Å². The number of benzene rings is 1. The second-order valence-electron chi connectivity index (χ2n) is 6.61. The van der Waals surface area contributed by atoms with Crippen LogP contribution in [0.4, 0.5) is 0 Å². The molecule has 0 saturated heterocycles. The number of thioether (sulfide) groups is 2. The summed E-state index contributed by atoms with van der Waals surface area (Å²) in [7, 11) is 0. The molecular weight excluding hydrogens is 476 g/mol. The molecule has 0 spiro atoms. The van der Waals surface area contributed by atoms with Crippen LogP contribution >= 0.6 is 55.4 Å². The van der Waals surface area contributed by atoms with Crippen molar-refractivity contribution >= 4 is 55.4 Å². The third kappa shape index (κ3) is 10.7. The fourth-order valence-corrected chi connectivity index (χ4v) is 5.80. The first-order valence-corrected chi connectivity index (χ1v) is 13.9. The normalized spacial score (nSPS) is 12.0. The summed E-state index contributed by atoms with van der Waals surface area (Å²) in [6.07, 6.45) is 7.61. The highest BCUT2D eigenvalue weighted by atomic mass is 79.9. The van der Waals surface area contributed by atoms with E-state index >= 15 is 0 Å². The molecule has 1 rings (SSSR count). The second-order valence-corrected chi connectivity index (χ2v) is 9.71. The van der Waals surface area contributed by atoms with Crippen LogP contribution in [0, 0.1) is 11.8 Å². The van der Waals surface area contributed by atoms with Crippen molar-refractivity contribution in [1.82, 2.24) is 0 Å². The predicted octanol–water partition coefficient (Wildman–Crippen LogP) is 9.17. The van der Waals surface area contributed by atoms with Gasteiger partial charge in [0.1, 0.15) is 0 Å². The molecule has 4 heteroatoms. The number of alkyl halides is 2. The van der Waals surface area contributed by atoms with E-state index in [9.17, 15) is 0 Å². The average Bonchev–Trinajstić information content (AvgIpc) is 2.62. The molecule has 25 heavy (non-hydrogen) atoms. The van der Waals surface area contributed by atoms with Gasteiger partial charge in [0.25, 0.3) is 0 Å². The average molecular weight is 512 g/mol. The summed E-state index contributed by atoms with van der Waals surface area (Å²) in [6.45, 7) is 11.1. The monoisotopic (exact) mass is 510 g/mol. The van der Waals surface area contributed by atoms with E-state index in [1.54, 1.807) is 0 Å². The highest BCUT2D eigenvalue weighted by Gasteiger charge is 2.10. The Labute approximate surface area is 182 Å². The molecule has 0 saturated carbocycles. The number of hydrogen-bond donors (Lipinski definition) is 0. The Kier molecular flexibility index (Phi) is 16.5. The molecule has 0 aliphatic carbocycles. The van der Waals surface area contributed by atoms with Crippen molar-refractivity contribution in [2.75, 3.05) is 12.0 Å². The largest absolute Gasteiger partial charge is 0.129 e. The number of halogens is 2. The van der Waals surface area contributed by atoms with Crippen LogP contribution in [-0.2, 0) is 10.7 Å². The zero-order valence-corrected chi connectivity index (χ0v) is 21.6. The molecular formula is C21H36Br2S2. The first-order valence-electron chi connectivity index (χ1n) is 9.46. The van der Waals surface area contributed by atoms with Crippen molar-refractivity contribution in [1.29, 1.82) is 0 Å². The molecule has 1 aromatic rings. The summed E-state index contributed by atoms with van der Waals surface area (Å²) in [6, 6.07) is 4.73. The second kappa shape index (κ2) is 15.9. The van der Waals surface area contributed by atoms with Crippen LogP contribution in [-0.4, -0.2) is 12.0 Å². The zero-order valence-electron chi connectivity index (χ0n) is 16.8. The lowest BCUT2D eigenvalue weighted by molar-refractivity contribution is 0.451. The van der Waals surface area contributed by atoms with Crippen LogP contribution < -0.4 is 0 Å². The molecule has 0 heterocycles. The first-order chi connectivity index (χ1) is 12.0. The van der Waals surface area contributed by atoms with Gasteiger partial charge in [-0.3, -0.25) is 0 Å². The fraction of sp³-hybridized carbons (Fsp3) is 0.714. The van der Waals surface area contributed by atoms with Crippen LogP contribution in [0.2, 0.25) is 0 Å². The predicted molar refractivity (Wildman–Crippen MR) is 128 cm³/mol. The van der Waals surface area contributed by atoms with Gasteiger partial charge >= 0.3 is 0 Å². The van der Waals surface area contributed by atoms with E-state index < -0.39 is 0 Å². The van der Waals surface area contributed by atoms with E-state index in [4.69, 9.17) is 0 Å². The van der Waals surface area contributed by atoms with Crippen LogP contribution in [0.15, 0.2) is 21.9 Å². The minimum Gasteiger partial charge on any atom is -0.129 e. The van der Waals surface area contributed by atoms with E-state index in [0.717, 1.165) is 22.5 Å². The summed E-state index contributed by atoms with van der Waals surface area (Å²) < 4.78 is 0. The highest BCUT2D eigenvalue weighted by molar-refractivity contribution is 9.08. The van der Waals surface area contributed by atoms with Gasteiger partial charge in [-0.25, -0.2) is 0 Å². The fourth-order valence-electron chi connectivity index (χ4n) is 2.57. The van der Waals surface area contributed by atoms with Crippen molar-refractivity contribution in [3.8, 4) is 0 Å². The first kappa shape index (κ1) is 25.9. The minimum absolute atomic E-state index is 0.842. The Morgan fingerprint density at radius 1 is 0.880 bits per heavy atom. The van der Waals surface area contributed by atoms with Gasteiger partial charge in [0.15, 0.2) is 0 Å². The maximum atomic E-state index is 3.65. The van der Waals surface area contributed by atoms with Gasteiger partial charge < -0.3 is 0 Å². The molecule has 1 aromatic carbocycles. The Morgan fingerprint density at radius 2 is 1.44 bits per heavy atom. The standard InChI is InChI=1S/C19H30Br2S2.C2H6/c1-14(2)6-5-7-15(3)8-9-23-19-11-16(12-20)18(22-4)10-17(19)13-21;1-2/h10-11,14-15H,5-9,12-13H2,1-4H3;1-2H3. The molecule has 0 aromatic heterocycles. The molecule has 0 bridgehead atoms. The summed E-state index contributed by atoms with van der Waals surface area (Å²) in [5.74, 6) is 2.91. The van der Waals surface area contributed by atoms with Crippen molar-refractivity contribution in [3.63, 3.8) is 0 Å². The lowest BCUT2D eigenvalue weighted by Gasteiger charge is -2.15. The third-order valence-electron chi connectivity index (χ3n) is 4.10. The van der Waals surface area contributed by atoms with Crippen LogP contribution in [0.3, 0.4) is 0 Å². The van der Waals surface area contributed by atoms with Gasteiger partial charge in [0.2, 0.25) is 0 Å². The van der Waals surface area contributed by atoms with Gasteiger partial charge in [-0.2, -0.15) is 0 Å². The summed E-state index contributed by atoms with van der Waals surface area (Å²) in [4.78, 5) is 2.84. The molecule has 0 aliphatic rings. The van der Waals surface area contributed by atoms with Crippen molar-refractivity contribution < 1.29 is 0 Å². The van der Waals surface area contributed by atoms with E-state index in [-0.39, 0.29) is 0 Å². The zero-order chi connectivity index (χ0) is 19.2. The molecule has 0 nitrogen and oxygen atoms in total. The van der Waals surface area contributed by atoms with E-state index in [0.29, 0.717) is 0 Å².